The van der Waals surface area contributed by atoms with E-state index in [2.05, 4.69) is 4.57 Å². The van der Waals surface area contributed by atoms with Crippen molar-refractivity contribution >= 4 is 34.1 Å². The van der Waals surface area contributed by atoms with Crippen molar-refractivity contribution in [2.45, 2.75) is 5.92 Å². The predicted octanol–water partition coefficient (Wildman–Crippen LogP) is 6.56. The molecule has 4 nitrogen and oxygen atoms in total. The van der Waals surface area contributed by atoms with Gasteiger partial charge < -0.3 is 4.57 Å². The van der Waals surface area contributed by atoms with Crippen molar-refractivity contribution in [3.05, 3.63) is 104 Å². The molecule has 0 aliphatic carbocycles. The Morgan fingerprint density at radius 3 is 2.38 bits per heavy atom. The summed E-state index contributed by atoms with van der Waals surface area (Å²) < 4.78 is 2.09. The molecule has 0 unspecified atom stereocenters. The van der Waals surface area contributed by atoms with Gasteiger partial charge in [0.15, 0.2) is 0 Å². The Morgan fingerprint density at radius 1 is 1.00 bits per heavy atom. The molecule has 0 fully saturated rings. The molecule has 4 aromatic rings. The zero-order valence-electron chi connectivity index (χ0n) is 15.7. The Balaban J connectivity index is 2.07. The highest BCUT2D eigenvalue weighted by Gasteiger charge is 2.30. The van der Waals surface area contributed by atoms with Crippen LogP contribution in [0.25, 0.3) is 22.2 Å². The minimum absolute atomic E-state index is 0.269. The van der Waals surface area contributed by atoms with E-state index < -0.39 is 5.92 Å². The fourth-order valence-electron chi connectivity index (χ4n) is 4.00. The molecule has 0 radical (unpaired) electrons. The standard InChI is InChI=1S/C23H18Cl2N2O2/c1-26-21-10-6-5-9-18(21)22(23(26)15-7-3-2-4-8-15)19(14-27(28)29)17-12-11-16(24)13-20(17)25/h2-13,19H,14H2,1H3/t19-/m0/s1. The smallest absolute Gasteiger partial charge is 0.214 e. The summed E-state index contributed by atoms with van der Waals surface area (Å²) in [6.45, 7) is -0.269. The van der Waals surface area contributed by atoms with Gasteiger partial charge >= 0.3 is 0 Å². The van der Waals surface area contributed by atoms with Crippen molar-refractivity contribution in [2.75, 3.05) is 6.54 Å². The van der Waals surface area contributed by atoms with Gasteiger partial charge in [0.1, 0.15) is 0 Å². The SMILES string of the molecule is Cn1c(-c2ccccc2)c([C@@H](C[N+](=O)[O-])c2ccc(Cl)cc2Cl)c2ccccc21. The molecule has 6 heteroatoms. The molecule has 0 amide bonds. The van der Waals surface area contributed by atoms with Gasteiger partial charge in [0, 0.05) is 32.9 Å². The van der Waals surface area contributed by atoms with Crippen molar-refractivity contribution in [3.63, 3.8) is 0 Å². The Morgan fingerprint density at radius 2 is 1.69 bits per heavy atom. The van der Waals surface area contributed by atoms with Gasteiger partial charge in [0.2, 0.25) is 6.54 Å². The maximum Gasteiger partial charge on any atom is 0.214 e. The lowest BCUT2D eigenvalue weighted by molar-refractivity contribution is -0.481. The maximum absolute atomic E-state index is 11.7. The quantitative estimate of drug-likeness (QED) is 0.269. The number of aromatic nitrogens is 1. The van der Waals surface area contributed by atoms with Gasteiger partial charge in [0.25, 0.3) is 0 Å². The van der Waals surface area contributed by atoms with E-state index in [1.807, 2.05) is 61.6 Å². The van der Waals surface area contributed by atoms with Crippen LogP contribution >= 0.6 is 23.2 Å². The number of hydrogen-bond donors (Lipinski definition) is 0. The fraction of sp³-hybridized carbons (Fsp3) is 0.130. The summed E-state index contributed by atoms with van der Waals surface area (Å²) in [5.41, 5.74) is 4.56. The first-order valence-electron chi connectivity index (χ1n) is 9.17. The van der Waals surface area contributed by atoms with Crippen molar-refractivity contribution in [3.8, 4) is 11.3 Å². The second kappa shape index (κ2) is 7.90. The van der Waals surface area contributed by atoms with Gasteiger partial charge in [-0.1, -0.05) is 77.8 Å². The number of nitrogens with zero attached hydrogens (tertiary/aromatic N) is 2. The lowest BCUT2D eigenvalue weighted by Gasteiger charge is -2.18. The number of rotatable bonds is 5. The third-order valence-corrected chi connectivity index (χ3v) is 5.77. The van der Waals surface area contributed by atoms with Crippen molar-refractivity contribution in [1.29, 1.82) is 0 Å². The Labute approximate surface area is 178 Å². The first-order chi connectivity index (χ1) is 14.0. The largest absolute Gasteiger partial charge is 0.343 e. The van der Waals surface area contributed by atoms with E-state index in [9.17, 15) is 10.1 Å². The summed E-state index contributed by atoms with van der Waals surface area (Å²) in [4.78, 5) is 11.4. The molecule has 0 aliphatic rings. The van der Waals surface area contributed by atoms with Crippen LogP contribution in [0.15, 0.2) is 72.8 Å². The zero-order valence-corrected chi connectivity index (χ0v) is 17.2. The van der Waals surface area contributed by atoms with Crippen LogP contribution in [0.5, 0.6) is 0 Å². The molecule has 146 valence electrons. The summed E-state index contributed by atoms with van der Waals surface area (Å²) >= 11 is 12.6. The van der Waals surface area contributed by atoms with Crippen LogP contribution in [-0.2, 0) is 7.05 Å². The van der Waals surface area contributed by atoms with E-state index in [0.29, 0.717) is 15.6 Å². The van der Waals surface area contributed by atoms with Gasteiger partial charge in [-0.25, -0.2) is 0 Å². The molecule has 1 heterocycles. The number of nitro groups is 1. The summed E-state index contributed by atoms with van der Waals surface area (Å²) in [5, 5.41) is 13.6. The van der Waals surface area contributed by atoms with Crippen molar-refractivity contribution in [1.82, 2.24) is 4.57 Å². The second-order valence-electron chi connectivity index (χ2n) is 6.94. The van der Waals surface area contributed by atoms with E-state index in [-0.39, 0.29) is 11.5 Å². The first-order valence-corrected chi connectivity index (χ1v) is 9.92. The van der Waals surface area contributed by atoms with Crippen molar-refractivity contribution in [2.24, 2.45) is 7.05 Å². The molecule has 3 aromatic carbocycles. The molecule has 0 saturated heterocycles. The number of halogens is 2. The molecular formula is C23H18Cl2N2O2. The normalized spacial score (nSPS) is 12.2. The average molecular weight is 425 g/mol. The van der Waals surface area contributed by atoms with E-state index in [1.54, 1.807) is 18.2 Å². The molecule has 0 saturated carbocycles. The van der Waals surface area contributed by atoms with Crippen molar-refractivity contribution < 1.29 is 4.92 Å². The molecule has 4 rings (SSSR count). The predicted molar refractivity (Wildman–Crippen MR) is 119 cm³/mol. The molecule has 29 heavy (non-hydrogen) atoms. The second-order valence-corrected chi connectivity index (χ2v) is 7.78. The molecule has 0 spiro atoms. The topological polar surface area (TPSA) is 48.1 Å². The number of para-hydroxylation sites is 1. The summed E-state index contributed by atoms with van der Waals surface area (Å²) in [7, 11) is 1.99. The van der Waals surface area contributed by atoms with Crippen LogP contribution in [0.2, 0.25) is 10.0 Å². The number of fused-ring (bicyclic) bond motifs is 1. The van der Waals surface area contributed by atoms with Crippen LogP contribution in [0, 0.1) is 10.1 Å². The van der Waals surface area contributed by atoms with Crippen LogP contribution in [0.1, 0.15) is 17.0 Å². The molecule has 0 aliphatic heterocycles. The van der Waals surface area contributed by atoms with Crippen LogP contribution in [0.3, 0.4) is 0 Å². The summed E-state index contributed by atoms with van der Waals surface area (Å²) in [6.07, 6.45) is 0. The van der Waals surface area contributed by atoms with Crippen LogP contribution in [0.4, 0.5) is 0 Å². The Bertz CT molecular complexity index is 1200. The summed E-state index contributed by atoms with van der Waals surface area (Å²) in [6, 6.07) is 23.0. The van der Waals surface area contributed by atoms with Gasteiger partial charge in [-0.2, -0.15) is 0 Å². The van der Waals surface area contributed by atoms with Crippen LogP contribution < -0.4 is 0 Å². The highest BCUT2D eigenvalue weighted by molar-refractivity contribution is 6.35. The lowest BCUT2D eigenvalue weighted by Crippen LogP contribution is -2.15. The molecule has 1 atom stereocenters. The first kappa shape index (κ1) is 19.5. The third-order valence-electron chi connectivity index (χ3n) is 5.21. The highest BCUT2D eigenvalue weighted by atomic mass is 35.5. The minimum atomic E-state index is -0.518. The minimum Gasteiger partial charge on any atom is -0.343 e. The monoisotopic (exact) mass is 424 g/mol. The molecular weight excluding hydrogens is 407 g/mol. The fourth-order valence-corrected chi connectivity index (χ4v) is 4.54. The summed E-state index contributed by atoms with van der Waals surface area (Å²) in [5.74, 6) is -0.518. The van der Waals surface area contributed by atoms with Gasteiger partial charge in [0.05, 0.1) is 11.6 Å². The van der Waals surface area contributed by atoms with Gasteiger partial charge in [-0.3, -0.25) is 10.1 Å². The van der Waals surface area contributed by atoms with E-state index in [0.717, 1.165) is 27.7 Å². The molecule has 0 N–H and O–H groups in total. The van der Waals surface area contributed by atoms with E-state index in [4.69, 9.17) is 23.2 Å². The molecule has 0 bridgehead atoms. The average Bonchev–Trinajstić information content (AvgIpc) is 3.00. The van der Waals surface area contributed by atoms with E-state index in [1.165, 1.54) is 0 Å². The van der Waals surface area contributed by atoms with Gasteiger partial charge in [-0.05, 0) is 34.9 Å². The number of benzene rings is 3. The lowest BCUT2D eigenvalue weighted by atomic mass is 9.87. The number of aryl methyl sites for hydroxylation is 1. The maximum atomic E-state index is 11.7. The number of hydrogen-bond acceptors (Lipinski definition) is 2. The zero-order chi connectivity index (χ0) is 20.5. The third kappa shape index (κ3) is 3.61. The Hall–Kier alpha value is -2.82. The van der Waals surface area contributed by atoms with Crippen LogP contribution in [-0.4, -0.2) is 16.0 Å². The highest BCUT2D eigenvalue weighted by Crippen LogP contribution is 2.42. The van der Waals surface area contributed by atoms with E-state index >= 15 is 0 Å². The van der Waals surface area contributed by atoms with Gasteiger partial charge in [-0.15, -0.1) is 0 Å². The molecule has 1 aromatic heterocycles. The Kier molecular flexibility index (Phi) is 5.31.